The third-order valence-electron chi connectivity index (χ3n) is 5.45. The number of nitrogens with zero attached hydrogens (tertiary/aromatic N) is 5. The van der Waals surface area contributed by atoms with E-state index in [2.05, 4.69) is 15.2 Å². The van der Waals surface area contributed by atoms with Gasteiger partial charge in [-0.1, -0.05) is 5.16 Å². The van der Waals surface area contributed by atoms with Gasteiger partial charge in [0.05, 0.1) is 34.1 Å². The third-order valence-corrected chi connectivity index (χ3v) is 5.45. The number of alkyl halides is 3. The molecule has 0 unspecified atom stereocenters. The molecule has 1 fully saturated rings. The Kier molecular flexibility index (Phi) is 5.03. The number of halogens is 3. The number of likely N-dealkylation sites (tertiary alicyclic amines) is 1. The van der Waals surface area contributed by atoms with Crippen LogP contribution in [0.2, 0.25) is 0 Å². The van der Waals surface area contributed by atoms with Gasteiger partial charge in [-0.2, -0.15) is 18.3 Å². The summed E-state index contributed by atoms with van der Waals surface area (Å²) in [7, 11) is 0. The Morgan fingerprint density at radius 3 is 2.77 bits per heavy atom. The van der Waals surface area contributed by atoms with Crippen molar-refractivity contribution in [1.29, 1.82) is 0 Å². The molecular formula is C20H22F3N5O2. The summed E-state index contributed by atoms with van der Waals surface area (Å²) in [5.74, 6) is -0.502. The molecule has 1 aliphatic heterocycles. The molecule has 7 nitrogen and oxygen atoms in total. The van der Waals surface area contributed by atoms with E-state index >= 15 is 0 Å². The molecule has 1 amide bonds. The van der Waals surface area contributed by atoms with Gasteiger partial charge < -0.3 is 9.42 Å². The Morgan fingerprint density at radius 1 is 1.33 bits per heavy atom. The fourth-order valence-electron chi connectivity index (χ4n) is 3.86. The zero-order valence-corrected chi connectivity index (χ0v) is 16.9. The van der Waals surface area contributed by atoms with Crippen LogP contribution in [0.1, 0.15) is 66.0 Å². The van der Waals surface area contributed by atoms with Crippen LogP contribution in [0.5, 0.6) is 0 Å². The van der Waals surface area contributed by atoms with E-state index in [0.29, 0.717) is 24.9 Å². The van der Waals surface area contributed by atoms with Crippen molar-refractivity contribution < 1.29 is 22.5 Å². The number of aromatic nitrogens is 4. The normalized spacial score (nSPS) is 17.8. The summed E-state index contributed by atoms with van der Waals surface area (Å²) in [5, 5.41) is 7.73. The number of rotatable bonds is 3. The van der Waals surface area contributed by atoms with Crippen molar-refractivity contribution >= 4 is 17.0 Å². The summed E-state index contributed by atoms with van der Waals surface area (Å²) in [4.78, 5) is 18.9. The molecule has 10 heteroatoms. The standard InChI is InChI=1S/C20H22F3N5O2/c1-11(2)28-10-14(8-24-28)19(29)27-6-4-5-13(9-27)16-7-15(20(21,22)23)17-12(3)26-30-18(17)25-16/h7-8,10-11,13H,4-6,9H2,1-3H3/t13-/m0/s1. The van der Waals surface area contributed by atoms with Crippen molar-refractivity contribution in [1.82, 2.24) is 24.8 Å². The molecule has 4 rings (SSSR count). The van der Waals surface area contributed by atoms with Gasteiger partial charge >= 0.3 is 6.18 Å². The lowest BCUT2D eigenvalue weighted by molar-refractivity contribution is -0.136. The number of hydrogen-bond acceptors (Lipinski definition) is 5. The summed E-state index contributed by atoms with van der Waals surface area (Å²) in [6, 6.07) is 1.20. The van der Waals surface area contributed by atoms with Crippen molar-refractivity contribution in [3.8, 4) is 0 Å². The molecule has 160 valence electrons. The molecule has 1 aliphatic rings. The minimum Gasteiger partial charge on any atom is -0.338 e. The van der Waals surface area contributed by atoms with Gasteiger partial charge in [-0.25, -0.2) is 4.98 Å². The Balaban J connectivity index is 1.63. The highest BCUT2D eigenvalue weighted by atomic mass is 19.4. The molecule has 0 spiro atoms. The van der Waals surface area contributed by atoms with Crippen molar-refractivity contribution in [2.24, 2.45) is 0 Å². The lowest BCUT2D eigenvalue weighted by Gasteiger charge is -2.32. The van der Waals surface area contributed by atoms with E-state index < -0.39 is 11.7 Å². The molecule has 0 bridgehead atoms. The monoisotopic (exact) mass is 421 g/mol. The zero-order valence-electron chi connectivity index (χ0n) is 16.9. The number of amides is 1. The maximum atomic E-state index is 13.6. The number of fused-ring (bicyclic) bond motifs is 1. The number of carbonyl (C=O) groups excluding carboxylic acids is 1. The van der Waals surface area contributed by atoms with Crippen LogP contribution in [0, 0.1) is 6.92 Å². The average molecular weight is 421 g/mol. The van der Waals surface area contributed by atoms with E-state index in [1.807, 2.05) is 13.8 Å². The molecule has 0 saturated carbocycles. The summed E-state index contributed by atoms with van der Waals surface area (Å²) >= 11 is 0. The predicted octanol–water partition coefficient (Wildman–Crippen LogP) is 4.35. The molecule has 0 aliphatic carbocycles. The minimum absolute atomic E-state index is 0.115. The fraction of sp³-hybridized carbons (Fsp3) is 0.500. The summed E-state index contributed by atoms with van der Waals surface area (Å²) in [5.41, 5.74) is -0.0446. The van der Waals surface area contributed by atoms with Crippen LogP contribution >= 0.6 is 0 Å². The summed E-state index contributed by atoms with van der Waals surface area (Å²) in [6.45, 7) is 6.21. The van der Waals surface area contributed by atoms with E-state index in [1.54, 1.807) is 15.8 Å². The van der Waals surface area contributed by atoms with Gasteiger partial charge in [-0.15, -0.1) is 0 Å². The highest BCUT2D eigenvalue weighted by Gasteiger charge is 2.37. The Hall–Kier alpha value is -2.91. The summed E-state index contributed by atoms with van der Waals surface area (Å²) in [6.07, 6.45) is -0.0275. The molecule has 1 atom stereocenters. The maximum absolute atomic E-state index is 13.6. The second kappa shape index (κ2) is 7.41. The minimum atomic E-state index is -4.55. The highest BCUT2D eigenvalue weighted by molar-refractivity contribution is 5.93. The Morgan fingerprint density at radius 2 is 2.10 bits per heavy atom. The fourth-order valence-corrected chi connectivity index (χ4v) is 3.86. The van der Waals surface area contributed by atoms with Gasteiger partial charge in [0.15, 0.2) is 0 Å². The van der Waals surface area contributed by atoms with Crippen LogP contribution < -0.4 is 0 Å². The third kappa shape index (κ3) is 3.66. The molecule has 0 aromatic carbocycles. The van der Waals surface area contributed by atoms with Crippen LogP contribution in [-0.2, 0) is 6.18 Å². The van der Waals surface area contributed by atoms with Gasteiger partial charge in [0.25, 0.3) is 11.6 Å². The first-order chi connectivity index (χ1) is 14.1. The number of pyridine rings is 1. The molecule has 0 radical (unpaired) electrons. The molecule has 1 saturated heterocycles. The van der Waals surface area contributed by atoms with E-state index in [1.165, 1.54) is 13.1 Å². The molecule has 3 aromatic heterocycles. The first-order valence-electron chi connectivity index (χ1n) is 9.82. The van der Waals surface area contributed by atoms with E-state index in [-0.39, 0.29) is 46.9 Å². The molecular weight excluding hydrogens is 399 g/mol. The van der Waals surface area contributed by atoms with Gasteiger partial charge in [-0.3, -0.25) is 9.48 Å². The largest absolute Gasteiger partial charge is 0.417 e. The number of piperidine rings is 1. The summed E-state index contributed by atoms with van der Waals surface area (Å²) < 4.78 is 47.7. The van der Waals surface area contributed by atoms with Gasteiger partial charge in [0.1, 0.15) is 0 Å². The second-order valence-corrected chi connectivity index (χ2v) is 7.93. The molecule has 4 heterocycles. The van der Waals surface area contributed by atoms with Crippen molar-refractivity contribution in [3.05, 3.63) is 41.0 Å². The van der Waals surface area contributed by atoms with Crippen LogP contribution in [0.25, 0.3) is 11.1 Å². The Bertz CT molecular complexity index is 1090. The number of hydrogen-bond donors (Lipinski definition) is 0. The van der Waals surface area contributed by atoms with Crippen LogP contribution in [0.15, 0.2) is 23.0 Å². The molecule has 3 aromatic rings. The van der Waals surface area contributed by atoms with Gasteiger partial charge in [0, 0.05) is 31.2 Å². The van der Waals surface area contributed by atoms with E-state index in [9.17, 15) is 18.0 Å². The van der Waals surface area contributed by atoms with E-state index in [0.717, 1.165) is 6.07 Å². The van der Waals surface area contributed by atoms with Crippen LogP contribution in [0.4, 0.5) is 13.2 Å². The highest BCUT2D eigenvalue weighted by Crippen LogP contribution is 2.38. The molecule has 0 N–H and O–H groups in total. The van der Waals surface area contributed by atoms with Crippen LogP contribution in [0.3, 0.4) is 0 Å². The predicted molar refractivity (Wildman–Crippen MR) is 102 cm³/mol. The maximum Gasteiger partial charge on any atom is 0.417 e. The zero-order chi connectivity index (χ0) is 21.6. The van der Waals surface area contributed by atoms with Gasteiger partial charge in [-0.05, 0) is 39.7 Å². The van der Waals surface area contributed by atoms with E-state index in [4.69, 9.17) is 4.52 Å². The number of aryl methyl sites for hydroxylation is 1. The molecule has 30 heavy (non-hydrogen) atoms. The second-order valence-electron chi connectivity index (χ2n) is 7.93. The van der Waals surface area contributed by atoms with Crippen molar-refractivity contribution in [3.63, 3.8) is 0 Å². The first-order valence-corrected chi connectivity index (χ1v) is 9.82. The first kappa shape index (κ1) is 20.4. The average Bonchev–Trinajstić information content (AvgIpc) is 3.34. The van der Waals surface area contributed by atoms with Gasteiger partial charge in [0.2, 0.25) is 0 Å². The lowest BCUT2D eigenvalue weighted by Crippen LogP contribution is -2.39. The van der Waals surface area contributed by atoms with Crippen molar-refractivity contribution in [2.45, 2.75) is 51.7 Å². The topological polar surface area (TPSA) is 77.1 Å². The van der Waals surface area contributed by atoms with Crippen molar-refractivity contribution in [2.75, 3.05) is 13.1 Å². The lowest BCUT2D eigenvalue weighted by atomic mass is 9.92. The Labute approximate surface area is 170 Å². The number of carbonyl (C=O) groups is 1. The smallest absolute Gasteiger partial charge is 0.338 e. The SMILES string of the molecule is Cc1noc2nc([C@H]3CCCN(C(=O)c4cnn(C(C)C)c4)C3)cc(C(F)(F)F)c12. The quantitative estimate of drug-likeness (QED) is 0.629. The van der Waals surface area contributed by atoms with Crippen LogP contribution in [-0.4, -0.2) is 43.8 Å².